The molecule has 1 unspecified atom stereocenters. The van der Waals surface area contributed by atoms with Crippen LogP contribution >= 0.6 is 0 Å². The van der Waals surface area contributed by atoms with E-state index in [1.165, 1.54) is 12.8 Å². The molecule has 6 heteroatoms. The van der Waals surface area contributed by atoms with Gasteiger partial charge in [-0.2, -0.15) is 0 Å². The number of hydrogen-bond donors (Lipinski definition) is 0. The van der Waals surface area contributed by atoms with E-state index in [1.807, 2.05) is 70.5 Å². The summed E-state index contributed by atoms with van der Waals surface area (Å²) in [4.78, 5) is 32.2. The summed E-state index contributed by atoms with van der Waals surface area (Å²) >= 11 is 0. The zero-order valence-corrected chi connectivity index (χ0v) is 18.7. The van der Waals surface area contributed by atoms with Crippen LogP contribution < -0.4 is 4.74 Å². The Balaban J connectivity index is 1.35. The highest BCUT2D eigenvalue weighted by atomic mass is 16.5. The standard InChI is InChI=1S/C26H33N3O3/c30-24(28-15-9-1-2-10-16-28)21-27-17-19-29(20-18-27)26(31)25(22-11-5-3-6-12-22)32-23-13-7-4-8-14-23/h3-8,11-14,25H,1-2,9-10,15-21H2. The molecule has 0 N–H and O–H groups in total. The van der Waals surface area contributed by atoms with Crippen molar-refractivity contribution in [2.75, 3.05) is 45.8 Å². The molecule has 2 aromatic carbocycles. The van der Waals surface area contributed by atoms with Crippen molar-refractivity contribution >= 4 is 11.8 Å². The van der Waals surface area contributed by atoms with Gasteiger partial charge in [-0.1, -0.05) is 61.4 Å². The van der Waals surface area contributed by atoms with E-state index >= 15 is 0 Å². The molecule has 0 aliphatic carbocycles. The Morgan fingerprint density at radius 2 is 1.31 bits per heavy atom. The normalized spacial score (nSPS) is 18.6. The van der Waals surface area contributed by atoms with Gasteiger partial charge in [0.05, 0.1) is 6.54 Å². The number of ether oxygens (including phenoxy) is 1. The predicted octanol–water partition coefficient (Wildman–Crippen LogP) is 3.35. The van der Waals surface area contributed by atoms with Gasteiger partial charge >= 0.3 is 0 Å². The van der Waals surface area contributed by atoms with E-state index in [9.17, 15) is 9.59 Å². The number of hydrogen-bond acceptors (Lipinski definition) is 4. The molecule has 1 atom stereocenters. The van der Waals surface area contributed by atoms with E-state index in [-0.39, 0.29) is 11.8 Å². The van der Waals surface area contributed by atoms with Crippen molar-refractivity contribution in [3.05, 3.63) is 66.2 Å². The molecule has 0 bridgehead atoms. The van der Waals surface area contributed by atoms with Gasteiger partial charge in [0.2, 0.25) is 12.0 Å². The summed E-state index contributed by atoms with van der Waals surface area (Å²) in [5.41, 5.74) is 0.847. The molecule has 2 fully saturated rings. The van der Waals surface area contributed by atoms with Crippen molar-refractivity contribution in [1.82, 2.24) is 14.7 Å². The molecule has 32 heavy (non-hydrogen) atoms. The highest BCUT2D eigenvalue weighted by Gasteiger charge is 2.31. The lowest BCUT2D eigenvalue weighted by Crippen LogP contribution is -2.53. The van der Waals surface area contributed by atoms with Crippen molar-refractivity contribution < 1.29 is 14.3 Å². The Bertz CT molecular complexity index is 858. The Labute approximate surface area is 190 Å². The number of nitrogens with zero attached hydrogens (tertiary/aromatic N) is 3. The summed E-state index contributed by atoms with van der Waals surface area (Å²) in [6.45, 7) is 4.84. The van der Waals surface area contributed by atoms with E-state index in [1.54, 1.807) is 0 Å². The summed E-state index contributed by atoms with van der Waals surface area (Å²) < 4.78 is 6.13. The quantitative estimate of drug-likeness (QED) is 0.698. The van der Waals surface area contributed by atoms with Crippen molar-refractivity contribution in [2.45, 2.75) is 31.8 Å². The number of rotatable bonds is 6. The zero-order valence-electron chi connectivity index (χ0n) is 18.7. The SMILES string of the molecule is O=C(CN1CCN(C(=O)C(Oc2ccccc2)c2ccccc2)CC1)N1CCCCCC1. The van der Waals surface area contributed by atoms with Gasteiger partial charge in [-0.3, -0.25) is 14.5 Å². The van der Waals surface area contributed by atoms with Gasteiger partial charge in [-0.15, -0.1) is 0 Å². The van der Waals surface area contributed by atoms with Crippen LogP contribution in [0.25, 0.3) is 0 Å². The lowest BCUT2D eigenvalue weighted by molar-refractivity contribution is -0.141. The van der Waals surface area contributed by atoms with Crippen LogP contribution in [-0.2, 0) is 9.59 Å². The maximum Gasteiger partial charge on any atom is 0.268 e. The number of amides is 2. The van der Waals surface area contributed by atoms with Crippen LogP contribution in [0.4, 0.5) is 0 Å². The summed E-state index contributed by atoms with van der Waals surface area (Å²) in [6.07, 6.45) is 3.98. The zero-order chi connectivity index (χ0) is 22.2. The number of para-hydroxylation sites is 1. The topological polar surface area (TPSA) is 53.1 Å². The Hall–Kier alpha value is -2.86. The fourth-order valence-corrected chi connectivity index (χ4v) is 4.43. The van der Waals surface area contributed by atoms with Crippen molar-refractivity contribution in [3.63, 3.8) is 0 Å². The molecule has 2 aromatic rings. The molecule has 2 heterocycles. The van der Waals surface area contributed by atoms with Crippen LogP contribution in [0.3, 0.4) is 0 Å². The first-order valence-corrected chi connectivity index (χ1v) is 11.8. The minimum Gasteiger partial charge on any atom is -0.476 e. The predicted molar refractivity (Wildman–Crippen MR) is 124 cm³/mol. The first-order valence-electron chi connectivity index (χ1n) is 11.8. The average Bonchev–Trinajstić information content (AvgIpc) is 3.14. The third-order valence-corrected chi connectivity index (χ3v) is 6.33. The lowest BCUT2D eigenvalue weighted by atomic mass is 10.1. The van der Waals surface area contributed by atoms with Crippen LogP contribution in [0.2, 0.25) is 0 Å². The summed E-state index contributed by atoms with van der Waals surface area (Å²) in [5, 5.41) is 0. The highest BCUT2D eigenvalue weighted by Crippen LogP contribution is 2.24. The molecule has 2 aliphatic heterocycles. The maximum atomic E-state index is 13.4. The molecule has 2 amide bonds. The molecular weight excluding hydrogens is 402 g/mol. The first-order chi connectivity index (χ1) is 15.7. The fourth-order valence-electron chi connectivity index (χ4n) is 4.43. The second kappa shape index (κ2) is 11.1. The third kappa shape index (κ3) is 5.88. The molecule has 0 spiro atoms. The molecule has 6 nitrogen and oxygen atoms in total. The van der Waals surface area contributed by atoms with E-state index in [4.69, 9.17) is 4.74 Å². The number of piperazine rings is 1. The fraction of sp³-hybridized carbons (Fsp3) is 0.462. The Morgan fingerprint density at radius 1 is 0.719 bits per heavy atom. The summed E-state index contributed by atoms with van der Waals surface area (Å²) in [7, 11) is 0. The van der Waals surface area contributed by atoms with Crippen LogP contribution in [0, 0.1) is 0 Å². The van der Waals surface area contributed by atoms with E-state index in [0.29, 0.717) is 38.5 Å². The van der Waals surface area contributed by atoms with Gasteiger partial charge in [0.25, 0.3) is 5.91 Å². The maximum absolute atomic E-state index is 13.4. The van der Waals surface area contributed by atoms with Gasteiger partial charge in [0.15, 0.2) is 0 Å². The number of benzene rings is 2. The molecule has 0 aromatic heterocycles. The molecular formula is C26H33N3O3. The second-order valence-corrected chi connectivity index (χ2v) is 8.62. The Morgan fingerprint density at radius 3 is 1.94 bits per heavy atom. The number of carbonyl (C=O) groups excluding carboxylic acids is 2. The van der Waals surface area contributed by atoms with Gasteiger partial charge in [-0.05, 0) is 25.0 Å². The number of carbonyl (C=O) groups is 2. The molecule has 170 valence electrons. The first kappa shape index (κ1) is 22.3. The summed E-state index contributed by atoms with van der Waals surface area (Å²) in [6, 6.07) is 19.1. The molecule has 2 aliphatic rings. The number of likely N-dealkylation sites (tertiary alicyclic amines) is 1. The van der Waals surface area contributed by atoms with Gasteiger partial charge < -0.3 is 14.5 Å². The van der Waals surface area contributed by atoms with Crippen LogP contribution in [0.1, 0.15) is 37.4 Å². The Kier molecular flexibility index (Phi) is 7.77. The largest absolute Gasteiger partial charge is 0.476 e. The minimum atomic E-state index is -0.677. The van der Waals surface area contributed by atoms with E-state index in [0.717, 1.165) is 31.5 Å². The summed E-state index contributed by atoms with van der Waals surface area (Å²) in [5.74, 6) is 0.871. The van der Waals surface area contributed by atoms with Crippen molar-refractivity contribution in [2.24, 2.45) is 0 Å². The molecule has 4 rings (SSSR count). The average molecular weight is 436 g/mol. The van der Waals surface area contributed by atoms with Crippen molar-refractivity contribution in [3.8, 4) is 5.75 Å². The van der Waals surface area contributed by atoms with Gasteiger partial charge in [0, 0.05) is 44.8 Å². The van der Waals surface area contributed by atoms with Crippen LogP contribution in [0.5, 0.6) is 5.75 Å². The monoisotopic (exact) mass is 435 g/mol. The highest BCUT2D eigenvalue weighted by molar-refractivity contribution is 5.83. The molecule has 0 saturated carbocycles. The van der Waals surface area contributed by atoms with Crippen LogP contribution in [-0.4, -0.2) is 72.3 Å². The van der Waals surface area contributed by atoms with Gasteiger partial charge in [0.1, 0.15) is 5.75 Å². The van der Waals surface area contributed by atoms with Crippen LogP contribution in [0.15, 0.2) is 60.7 Å². The molecule has 0 radical (unpaired) electrons. The van der Waals surface area contributed by atoms with E-state index < -0.39 is 6.10 Å². The third-order valence-electron chi connectivity index (χ3n) is 6.33. The van der Waals surface area contributed by atoms with Crippen molar-refractivity contribution in [1.29, 1.82) is 0 Å². The second-order valence-electron chi connectivity index (χ2n) is 8.62. The van der Waals surface area contributed by atoms with Gasteiger partial charge in [-0.25, -0.2) is 0 Å². The molecule has 2 saturated heterocycles. The van der Waals surface area contributed by atoms with E-state index in [2.05, 4.69) is 4.90 Å². The minimum absolute atomic E-state index is 0.0291. The lowest BCUT2D eigenvalue weighted by Gasteiger charge is -2.36. The smallest absolute Gasteiger partial charge is 0.268 e.